The van der Waals surface area contributed by atoms with Gasteiger partial charge < -0.3 is 14.8 Å². The summed E-state index contributed by atoms with van der Waals surface area (Å²) in [5.74, 6) is -1.36. The number of nitrogens with zero attached hydrogens (tertiary/aromatic N) is 2. The molecule has 0 aliphatic carbocycles. The van der Waals surface area contributed by atoms with Crippen LogP contribution in [0.25, 0.3) is 10.2 Å². The Morgan fingerprint density at radius 2 is 1.85 bits per heavy atom. The van der Waals surface area contributed by atoms with Crippen LogP contribution in [0.1, 0.15) is 59.2 Å². The molecule has 0 saturated heterocycles. The molecule has 0 radical (unpaired) electrons. The number of thiophene rings is 1. The molecule has 9 nitrogen and oxygen atoms in total. The molecule has 3 aromatic rings. The fraction of sp³-hybridized carbons (Fsp3) is 0.375. The van der Waals surface area contributed by atoms with E-state index < -0.39 is 23.4 Å². The van der Waals surface area contributed by atoms with Crippen LogP contribution >= 0.6 is 11.3 Å². The highest BCUT2D eigenvalue weighted by Gasteiger charge is 2.21. The van der Waals surface area contributed by atoms with Gasteiger partial charge in [-0.05, 0) is 57.0 Å². The number of carbonyl (C=O) groups is 3. The molecule has 10 heteroatoms. The lowest BCUT2D eigenvalue weighted by atomic mass is 10.2. The summed E-state index contributed by atoms with van der Waals surface area (Å²) in [6.45, 7) is 7.28. The van der Waals surface area contributed by atoms with Gasteiger partial charge in [-0.3, -0.25) is 14.2 Å². The van der Waals surface area contributed by atoms with Crippen LogP contribution < -0.4 is 10.9 Å². The second-order valence-electron chi connectivity index (χ2n) is 7.98. The zero-order chi connectivity index (χ0) is 24.8. The molecule has 34 heavy (non-hydrogen) atoms. The smallest absolute Gasteiger partial charge is 0.348 e. The summed E-state index contributed by atoms with van der Waals surface area (Å²) >= 11 is 1.09. The number of carbonyl (C=O) groups excluding carboxylic acids is 3. The average Bonchev–Trinajstić information content (AvgIpc) is 3.13. The highest BCUT2D eigenvalue weighted by molar-refractivity contribution is 7.20. The third-order valence-corrected chi connectivity index (χ3v) is 6.07. The second kappa shape index (κ2) is 11.1. The summed E-state index contributed by atoms with van der Waals surface area (Å²) < 4.78 is 11.6. The number of anilines is 1. The van der Waals surface area contributed by atoms with Crippen molar-refractivity contribution in [2.45, 2.75) is 53.2 Å². The van der Waals surface area contributed by atoms with E-state index in [1.807, 2.05) is 6.92 Å². The van der Waals surface area contributed by atoms with Crippen molar-refractivity contribution in [3.8, 4) is 0 Å². The third kappa shape index (κ3) is 5.88. The number of hydrogen-bond acceptors (Lipinski definition) is 8. The Morgan fingerprint density at radius 3 is 2.50 bits per heavy atom. The van der Waals surface area contributed by atoms with Crippen LogP contribution in [0.3, 0.4) is 0 Å². The predicted octanol–water partition coefficient (Wildman–Crippen LogP) is 3.93. The lowest BCUT2D eigenvalue weighted by Gasteiger charge is -2.08. The number of nitrogens with one attached hydrogen (secondary N) is 1. The molecule has 3 rings (SSSR count). The monoisotopic (exact) mass is 485 g/mol. The van der Waals surface area contributed by atoms with Crippen molar-refractivity contribution >= 4 is 45.1 Å². The maximum absolute atomic E-state index is 13.0. The largest absolute Gasteiger partial charge is 0.462 e. The van der Waals surface area contributed by atoms with E-state index >= 15 is 0 Å². The van der Waals surface area contributed by atoms with Gasteiger partial charge >= 0.3 is 11.9 Å². The zero-order valence-corrected chi connectivity index (χ0v) is 20.4. The number of aromatic nitrogens is 2. The van der Waals surface area contributed by atoms with Crippen LogP contribution in [0.5, 0.6) is 0 Å². The van der Waals surface area contributed by atoms with Crippen molar-refractivity contribution in [3.05, 3.63) is 57.0 Å². The van der Waals surface area contributed by atoms with Crippen molar-refractivity contribution in [2.24, 2.45) is 0 Å². The Kier molecular flexibility index (Phi) is 8.17. The number of unbranched alkanes of at least 4 members (excludes halogenated alkanes) is 1. The van der Waals surface area contributed by atoms with Crippen LogP contribution in [0.2, 0.25) is 0 Å². The molecular formula is C24H27N3O6S. The normalized spacial score (nSPS) is 11.0. The number of fused-ring (bicyclic) bond motifs is 1. The first-order valence-corrected chi connectivity index (χ1v) is 11.8. The van der Waals surface area contributed by atoms with Crippen LogP contribution in [0, 0.1) is 6.92 Å². The number of benzene rings is 1. The lowest BCUT2D eigenvalue weighted by molar-refractivity contribution is -0.116. The topological polar surface area (TPSA) is 117 Å². The molecule has 2 heterocycles. The minimum absolute atomic E-state index is 0.260. The third-order valence-electron chi connectivity index (χ3n) is 4.89. The highest BCUT2D eigenvalue weighted by Crippen LogP contribution is 2.27. The fourth-order valence-corrected chi connectivity index (χ4v) is 4.19. The highest BCUT2D eigenvalue weighted by atomic mass is 32.1. The number of esters is 2. The van der Waals surface area contributed by atoms with Gasteiger partial charge in [0.05, 0.1) is 30.0 Å². The Hall–Kier alpha value is -3.53. The number of ether oxygens (including phenoxy) is 2. The Morgan fingerprint density at radius 1 is 1.15 bits per heavy atom. The molecule has 180 valence electrons. The van der Waals surface area contributed by atoms with Crippen LogP contribution in [-0.4, -0.2) is 40.1 Å². The molecule has 0 saturated carbocycles. The van der Waals surface area contributed by atoms with Gasteiger partial charge in [0.2, 0.25) is 5.91 Å². The van der Waals surface area contributed by atoms with Gasteiger partial charge in [-0.15, -0.1) is 11.3 Å². The first-order valence-electron chi connectivity index (χ1n) is 11.0. The number of amides is 1. The SMILES string of the molecule is CCCCOC(=O)c1ccc(NC(=O)Cn2cnc3sc(C(=O)OC(C)C)c(C)c3c2=O)cc1. The standard InChI is InChI=1S/C24H27N3O6S/c1-5-6-11-32-23(30)16-7-9-17(10-8-16)26-18(28)12-27-13-25-21-19(22(27)29)15(4)20(34-21)24(31)33-14(2)3/h7-10,13-14H,5-6,11-12H2,1-4H3,(H,26,28). The van der Waals surface area contributed by atoms with E-state index in [0.717, 1.165) is 24.2 Å². The Balaban J connectivity index is 1.70. The van der Waals surface area contributed by atoms with Gasteiger partial charge in [0.15, 0.2) is 0 Å². The van der Waals surface area contributed by atoms with Crippen LogP contribution in [0.4, 0.5) is 5.69 Å². The van der Waals surface area contributed by atoms with Crippen LogP contribution in [-0.2, 0) is 20.8 Å². The number of rotatable bonds is 9. The molecule has 2 aromatic heterocycles. The molecule has 0 spiro atoms. The minimum Gasteiger partial charge on any atom is -0.462 e. The first-order chi connectivity index (χ1) is 16.2. The molecular weight excluding hydrogens is 458 g/mol. The molecule has 1 amide bonds. The maximum Gasteiger partial charge on any atom is 0.348 e. The van der Waals surface area contributed by atoms with Gasteiger partial charge in [-0.2, -0.15) is 0 Å². The van der Waals surface area contributed by atoms with E-state index in [0.29, 0.717) is 38.5 Å². The summed E-state index contributed by atoms with van der Waals surface area (Å²) in [7, 11) is 0. The van der Waals surface area contributed by atoms with E-state index in [9.17, 15) is 19.2 Å². The lowest BCUT2D eigenvalue weighted by Crippen LogP contribution is -2.28. The van der Waals surface area contributed by atoms with Crippen molar-refractivity contribution < 1.29 is 23.9 Å². The summed E-state index contributed by atoms with van der Waals surface area (Å²) in [5, 5.41) is 2.99. The molecule has 0 aliphatic rings. The Bertz CT molecular complexity index is 1260. The molecule has 0 atom stereocenters. The van der Waals surface area contributed by atoms with E-state index in [4.69, 9.17) is 9.47 Å². The molecule has 0 fully saturated rings. The van der Waals surface area contributed by atoms with Crippen molar-refractivity contribution in [3.63, 3.8) is 0 Å². The maximum atomic E-state index is 13.0. The van der Waals surface area contributed by atoms with Gasteiger partial charge in [0.1, 0.15) is 16.3 Å². The molecule has 0 unspecified atom stereocenters. The average molecular weight is 486 g/mol. The molecule has 1 N–H and O–H groups in total. The summed E-state index contributed by atoms with van der Waals surface area (Å²) in [6.07, 6.45) is 2.73. The van der Waals surface area contributed by atoms with Gasteiger partial charge in [-0.25, -0.2) is 14.6 Å². The molecule has 1 aromatic carbocycles. The zero-order valence-electron chi connectivity index (χ0n) is 19.5. The van der Waals surface area contributed by atoms with Gasteiger partial charge in [-0.1, -0.05) is 13.3 Å². The second-order valence-corrected chi connectivity index (χ2v) is 8.98. The number of hydrogen-bond donors (Lipinski definition) is 1. The fourth-order valence-electron chi connectivity index (χ4n) is 3.17. The van der Waals surface area contributed by atoms with E-state index in [-0.39, 0.29) is 12.6 Å². The van der Waals surface area contributed by atoms with Crippen molar-refractivity contribution in [2.75, 3.05) is 11.9 Å². The Labute approximate surface area is 200 Å². The summed E-state index contributed by atoms with van der Waals surface area (Å²) in [6, 6.07) is 6.31. The molecule has 0 bridgehead atoms. The van der Waals surface area contributed by atoms with E-state index in [1.54, 1.807) is 45.0 Å². The van der Waals surface area contributed by atoms with E-state index in [2.05, 4.69) is 10.3 Å². The summed E-state index contributed by atoms with van der Waals surface area (Å²) in [5.41, 5.74) is 0.935. The minimum atomic E-state index is -0.503. The van der Waals surface area contributed by atoms with Gasteiger partial charge in [0.25, 0.3) is 5.56 Å². The van der Waals surface area contributed by atoms with Crippen molar-refractivity contribution in [1.82, 2.24) is 9.55 Å². The summed E-state index contributed by atoms with van der Waals surface area (Å²) in [4.78, 5) is 54.8. The molecule has 0 aliphatic heterocycles. The predicted molar refractivity (Wildman–Crippen MR) is 129 cm³/mol. The van der Waals surface area contributed by atoms with Crippen LogP contribution in [0.15, 0.2) is 35.4 Å². The van der Waals surface area contributed by atoms with Gasteiger partial charge in [0, 0.05) is 5.69 Å². The van der Waals surface area contributed by atoms with Crippen molar-refractivity contribution in [1.29, 1.82) is 0 Å². The quantitative estimate of drug-likeness (QED) is 0.361. The number of aryl methyl sites for hydroxylation is 1. The first kappa shape index (κ1) is 25.1. The van der Waals surface area contributed by atoms with E-state index in [1.165, 1.54) is 10.9 Å².